The molecule has 2 aromatic rings. The van der Waals surface area contributed by atoms with Crippen LogP contribution in [0.5, 0.6) is 0 Å². The Labute approximate surface area is 80.0 Å². The molecule has 0 amide bonds. The van der Waals surface area contributed by atoms with Gasteiger partial charge in [0.15, 0.2) is 5.72 Å². The van der Waals surface area contributed by atoms with Crippen molar-refractivity contribution in [3.8, 4) is 0 Å². The van der Waals surface area contributed by atoms with Gasteiger partial charge in [-0.1, -0.05) is 10.4 Å². The van der Waals surface area contributed by atoms with Crippen molar-refractivity contribution in [1.82, 2.24) is 30.0 Å². The van der Waals surface area contributed by atoms with Crippen LogP contribution < -0.4 is 0 Å². The van der Waals surface area contributed by atoms with E-state index in [0.717, 1.165) is 0 Å². The highest BCUT2D eigenvalue weighted by molar-refractivity contribution is 4.76. The Morgan fingerprint density at radius 2 is 1.93 bits per heavy atom. The van der Waals surface area contributed by atoms with Crippen molar-refractivity contribution >= 4 is 0 Å². The van der Waals surface area contributed by atoms with Crippen molar-refractivity contribution in [1.29, 1.82) is 0 Å². The molecule has 0 aliphatic heterocycles. The topological polar surface area (TPSA) is 81.6 Å². The largest absolute Gasteiger partial charge is 0.368 e. The van der Waals surface area contributed by atoms with E-state index in [1.807, 2.05) is 0 Å². The molecular formula is C7H10N6O. The highest BCUT2D eigenvalue weighted by atomic mass is 16.3. The molecule has 1 N–H and O–H groups in total. The van der Waals surface area contributed by atoms with Crippen molar-refractivity contribution in [3.63, 3.8) is 0 Å². The molecule has 0 aromatic carbocycles. The molecule has 7 nitrogen and oxygen atoms in total. The summed E-state index contributed by atoms with van der Waals surface area (Å²) in [4.78, 5) is 0. The van der Waals surface area contributed by atoms with Gasteiger partial charge >= 0.3 is 0 Å². The summed E-state index contributed by atoms with van der Waals surface area (Å²) in [7, 11) is 0. The molecule has 0 spiro atoms. The number of hydrogen-bond donors (Lipinski definition) is 1. The molecule has 2 heterocycles. The van der Waals surface area contributed by atoms with E-state index in [1.54, 1.807) is 25.5 Å². The molecule has 0 bridgehead atoms. The number of aliphatic hydroxyl groups is 1. The minimum absolute atomic E-state index is 0.274. The zero-order valence-corrected chi connectivity index (χ0v) is 7.65. The number of nitrogens with zero attached hydrogens (tertiary/aromatic N) is 6. The molecule has 0 saturated carbocycles. The summed E-state index contributed by atoms with van der Waals surface area (Å²) in [5.74, 6) is 0. The van der Waals surface area contributed by atoms with Gasteiger partial charge in [-0.05, 0) is 6.92 Å². The van der Waals surface area contributed by atoms with Crippen molar-refractivity contribution < 1.29 is 5.11 Å². The van der Waals surface area contributed by atoms with Gasteiger partial charge in [-0.2, -0.15) is 0 Å². The van der Waals surface area contributed by atoms with Crippen LogP contribution in [0.1, 0.15) is 6.92 Å². The van der Waals surface area contributed by atoms with E-state index in [-0.39, 0.29) is 6.54 Å². The third-order valence-electron chi connectivity index (χ3n) is 1.85. The summed E-state index contributed by atoms with van der Waals surface area (Å²) in [5.41, 5.74) is -1.15. The summed E-state index contributed by atoms with van der Waals surface area (Å²) in [6.45, 7) is 1.90. The van der Waals surface area contributed by atoms with E-state index in [4.69, 9.17) is 0 Å². The zero-order chi connectivity index (χ0) is 10.0. The molecule has 2 aromatic heterocycles. The Bertz CT molecular complexity index is 378. The molecule has 0 saturated heterocycles. The lowest BCUT2D eigenvalue weighted by Crippen LogP contribution is -2.35. The average Bonchev–Trinajstić information content (AvgIpc) is 2.71. The van der Waals surface area contributed by atoms with Crippen LogP contribution in [0.4, 0.5) is 0 Å². The molecule has 0 fully saturated rings. The first-order chi connectivity index (χ1) is 6.68. The van der Waals surface area contributed by atoms with Crippen LogP contribution in [0.15, 0.2) is 24.8 Å². The third-order valence-corrected chi connectivity index (χ3v) is 1.85. The Kier molecular flexibility index (Phi) is 2.01. The summed E-state index contributed by atoms with van der Waals surface area (Å²) < 4.78 is 2.90. The molecule has 7 heteroatoms. The van der Waals surface area contributed by atoms with Crippen LogP contribution in [0.25, 0.3) is 0 Å². The fraction of sp³-hybridized carbons (Fsp3) is 0.429. The standard InChI is InChI=1S/C7H10N6O/c1-7(14,13-5-3-9-11-13)6-12-4-2-8-10-12/h2-5,14H,6H2,1H3. The van der Waals surface area contributed by atoms with Crippen LogP contribution in [0, 0.1) is 0 Å². The first-order valence-electron chi connectivity index (χ1n) is 4.12. The summed E-state index contributed by atoms with van der Waals surface area (Å²) in [5, 5.41) is 24.8. The summed E-state index contributed by atoms with van der Waals surface area (Å²) in [6.07, 6.45) is 6.33. The minimum Gasteiger partial charge on any atom is -0.368 e. The second-order valence-corrected chi connectivity index (χ2v) is 3.17. The van der Waals surface area contributed by atoms with E-state index in [0.29, 0.717) is 0 Å². The summed E-state index contributed by atoms with van der Waals surface area (Å²) >= 11 is 0. The third kappa shape index (κ3) is 1.62. The first-order valence-corrected chi connectivity index (χ1v) is 4.12. The van der Waals surface area contributed by atoms with Crippen molar-refractivity contribution in [2.75, 3.05) is 0 Å². The van der Waals surface area contributed by atoms with Gasteiger partial charge in [0, 0.05) is 12.4 Å². The molecule has 0 aliphatic rings. The van der Waals surface area contributed by atoms with E-state index < -0.39 is 5.72 Å². The quantitative estimate of drug-likeness (QED) is 0.694. The maximum Gasteiger partial charge on any atom is 0.176 e. The average molecular weight is 194 g/mol. The zero-order valence-electron chi connectivity index (χ0n) is 7.65. The molecule has 0 radical (unpaired) electrons. The van der Waals surface area contributed by atoms with Crippen LogP contribution in [0.2, 0.25) is 0 Å². The SMILES string of the molecule is CC(O)(Cn1ccnn1)n1ccnn1. The second-order valence-electron chi connectivity index (χ2n) is 3.17. The fourth-order valence-corrected chi connectivity index (χ4v) is 1.16. The predicted octanol–water partition coefficient (Wildman–Crippen LogP) is -0.765. The van der Waals surface area contributed by atoms with Gasteiger partial charge in [0.2, 0.25) is 0 Å². The fourth-order valence-electron chi connectivity index (χ4n) is 1.16. The van der Waals surface area contributed by atoms with E-state index in [1.165, 1.54) is 15.6 Å². The van der Waals surface area contributed by atoms with E-state index in [9.17, 15) is 5.11 Å². The first kappa shape index (κ1) is 8.82. The maximum atomic E-state index is 10.0. The summed E-state index contributed by atoms with van der Waals surface area (Å²) in [6, 6.07) is 0. The highest BCUT2D eigenvalue weighted by Gasteiger charge is 2.24. The molecule has 74 valence electrons. The van der Waals surface area contributed by atoms with Crippen LogP contribution in [0.3, 0.4) is 0 Å². The van der Waals surface area contributed by atoms with Crippen LogP contribution in [-0.4, -0.2) is 35.1 Å². The van der Waals surface area contributed by atoms with Gasteiger partial charge in [-0.3, -0.25) is 0 Å². The molecule has 14 heavy (non-hydrogen) atoms. The molecule has 0 aliphatic carbocycles. The molecular weight excluding hydrogens is 184 g/mol. The van der Waals surface area contributed by atoms with Gasteiger partial charge in [0.05, 0.1) is 18.9 Å². The monoisotopic (exact) mass is 194 g/mol. The Morgan fingerprint density at radius 3 is 2.50 bits per heavy atom. The minimum atomic E-state index is -1.15. The Hall–Kier alpha value is -1.76. The van der Waals surface area contributed by atoms with Gasteiger partial charge in [-0.15, -0.1) is 10.2 Å². The Balaban J connectivity index is 2.17. The van der Waals surface area contributed by atoms with Gasteiger partial charge < -0.3 is 5.11 Å². The molecule has 2 rings (SSSR count). The van der Waals surface area contributed by atoms with E-state index in [2.05, 4.69) is 20.6 Å². The van der Waals surface area contributed by atoms with Crippen molar-refractivity contribution in [3.05, 3.63) is 24.8 Å². The van der Waals surface area contributed by atoms with Crippen molar-refractivity contribution in [2.24, 2.45) is 0 Å². The lowest BCUT2D eigenvalue weighted by Gasteiger charge is -2.22. The van der Waals surface area contributed by atoms with Crippen LogP contribution >= 0.6 is 0 Å². The highest BCUT2D eigenvalue weighted by Crippen LogP contribution is 2.11. The van der Waals surface area contributed by atoms with Gasteiger partial charge in [-0.25, -0.2) is 9.36 Å². The van der Waals surface area contributed by atoms with Gasteiger partial charge in [0.1, 0.15) is 0 Å². The second kappa shape index (κ2) is 3.18. The number of rotatable bonds is 3. The smallest absolute Gasteiger partial charge is 0.176 e. The normalized spacial score (nSPS) is 15.3. The lowest BCUT2D eigenvalue weighted by molar-refractivity contribution is -0.0504. The van der Waals surface area contributed by atoms with Crippen LogP contribution in [-0.2, 0) is 12.3 Å². The predicted molar refractivity (Wildman–Crippen MR) is 45.9 cm³/mol. The van der Waals surface area contributed by atoms with Crippen molar-refractivity contribution in [2.45, 2.75) is 19.2 Å². The van der Waals surface area contributed by atoms with Gasteiger partial charge in [0.25, 0.3) is 0 Å². The molecule has 1 unspecified atom stereocenters. The Morgan fingerprint density at radius 1 is 1.21 bits per heavy atom. The number of hydrogen-bond acceptors (Lipinski definition) is 5. The lowest BCUT2D eigenvalue weighted by atomic mass is 10.3. The maximum absolute atomic E-state index is 10.0. The number of aromatic nitrogens is 6. The molecule has 1 atom stereocenters. The van der Waals surface area contributed by atoms with E-state index >= 15 is 0 Å².